The first-order valence-corrected chi connectivity index (χ1v) is 7.71. The average Bonchev–Trinajstić information content (AvgIpc) is 2.53. The van der Waals surface area contributed by atoms with Crippen molar-refractivity contribution in [1.29, 1.82) is 0 Å². The highest BCUT2D eigenvalue weighted by Gasteiger charge is 1.92. The molecule has 0 heterocycles. The molecule has 0 aliphatic carbocycles. The number of hydrogen-bond donors (Lipinski definition) is 2. The number of aryl methyl sites for hydroxylation is 1. The molecule has 2 aromatic carbocycles. The predicted molar refractivity (Wildman–Crippen MR) is 88.4 cm³/mol. The molecule has 0 saturated heterocycles. The van der Waals surface area contributed by atoms with E-state index in [-0.39, 0.29) is 0 Å². The first-order valence-electron chi connectivity index (χ1n) is 7.71. The fourth-order valence-electron chi connectivity index (χ4n) is 2.04. The van der Waals surface area contributed by atoms with Crippen molar-refractivity contribution in [1.82, 2.24) is 0 Å². The summed E-state index contributed by atoms with van der Waals surface area (Å²) in [5.74, 6) is 0.322. The molecule has 2 nitrogen and oxygen atoms in total. The van der Waals surface area contributed by atoms with Gasteiger partial charge < -0.3 is 10.2 Å². The molecule has 0 unspecified atom stereocenters. The second-order valence-corrected chi connectivity index (χ2v) is 5.06. The zero-order valence-corrected chi connectivity index (χ0v) is 12.6. The highest BCUT2D eigenvalue weighted by Crippen LogP contribution is 2.08. The summed E-state index contributed by atoms with van der Waals surface area (Å²) in [6.07, 6.45) is 7.15. The standard InChI is InChI=1S/C13H20O.C6H6O/c14-12-8-3-1-2-5-9-13-10-6-4-7-11-13;7-6-4-2-1-3-5-6/h4,6-7,10-11,14H,1-3,5,8-9,12H2;1-5,7H. The minimum absolute atomic E-state index is 0.322. The number of hydrogen-bond acceptors (Lipinski definition) is 2. The van der Waals surface area contributed by atoms with Gasteiger partial charge in [0.15, 0.2) is 0 Å². The smallest absolute Gasteiger partial charge is 0.115 e. The molecule has 0 atom stereocenters. The Labute approximate surface area is 128 Å². The van der Waals surface area contributed by atoms with Gasteiger partial charge in [0, 0.05) is 6.61 Å². The van der Waals surface area contributed by atoms with Gasteiger partial charge in [-0.05, 0) is 37.0 Å². The minimum atomic E-state index is 0.322. The van der Waals surface area contributed by atoms with Crippen LogP contribution in [0.1, 0.15) is 37.7 Å². The molecule has 0 saturated carbocycles. The van der Waals surface area contributed by atoms with E-state index in [2.05, 4.69) is 30.3 Å². The Hall–Kier alpha value is -1.80. The van der Waals surface area contributed by atoms with Gasteiger partial charge in [0.1, 0.15) is 5.75 Å². The maximum atomic E-state index is 8.63. The summed E-state index contributed by atoms with van der Waals surface area (Å²) in [6.45, 7) is 0.346. The van der Waals surface area contributed by atoms with Gasteiger partial charge in [-0.15, -0.1) is 0 Å². The van der Waals surface area contributed by atoms with Crippen LogP contribution in [0.3, 0.4) is 0 Å². The van der Waals surface area contributed by atoms with Crippen molar-refractivity contribution in [2.75, 3.05) is 6.61 Å². The summed E-state index contributed by atoms with van der Waals surface area (Å²) in [4.78, 5) is 0. The second-order valence-electron chi connectivity index (χ2n) is 5.06. The number of rotatable bonds is 7. The van der Waals surface area contributed by atoms with Crippen LogP contribution < -0.4 is 0 Å². The van der Waals surface area contributed by atoms with Crippen LogP contribution in [-0.4, -0.2) is 16.8 Å². The Morgan fingerprint density at radius 3 is 1.67 bits per heavy atom. The van der Waals surface area contributed by atoms with Crippen LogP contribution in [0.25, 0.3) is 0 Å². The highest BCUT2D eigenvalue weighted by molar-refractivity contribution is 5.18. The zero-order chi connectivity index (χ0) is 15.2. The molecule has 2 aromatic rings. The summed E-state index contributed by atoms with van der Waals surface area (Å²) >= 11 is 0. The monoisotopic (exact) mass is 286 g/mol. The van der Waals surface area contributed by atoms with Crippen LogP contribution in [0.5, 0.6) is 5.75 Å². The van der Waals surface area contributed by atoms with E-state index < -0.39 is 0 Å². The van der Waals surface area contributed by atoms with Crippen LogP contribution in [0.15, 0.2) is 60.7 Å². The number of benzene rings is 2. The van der Waals surface area contributed by atoms with Crippen LogP contribution in [0.2, 0.25) is 0 Å². The largest absolute Gasteiger partial charge is 0.508 e. The Balaban J connectivity index is 0.000000262. The highest BCUT2D eigenvalue weighted by atomic mass is 16.3. The molecule has 0 radical (unpaired) electrons. The van der Waals surface area contributed by atoms with E-state index >= 15 is 0 Å². The molecular weight excluding hydrogens is 260 g/mol. The lowest BCUT2D eigenvalue weighted by molar-refractivity contribution is 0.282. The van der Waals surface area contributed by atoms with Crippen LogP contribution in [0, 0.1) is 0 Å². The molecule has 114 valence electrons. The normalized spacial score (nSPS) is 9.76. The number of phenols is 1. The Morgan fingerprint density at radius 2 is 1.14 bits per heavy atom. The van der Waals surface area contributed by atoms with Gasteiger partial charge in [-0.2, -0.15) is 0 Å². The summed E-state index contributed by atoms with van der Waals surface area (Å²) in [6, 6.07) is 19.3. The molecule has 2 rings (SSSR count). The van der Waals surface area contributed by atoms with Crippen molar-refractivity contribution >= 4 is 0 Å². The summed E-state index contributed by atoms with van der Waals surface area (Å²) in [5, 5.41) is 17.2. The number of unbranched alkanes of at least 4 members (excludes halogenated alkanes) is 4. The lowest BCUT2D eigenvalue weighted by Crippen LogP contribution is -1.87. The molecule has 0 spiro atoms. The predicted octanol–water partition coefficient (Wildman–Crippen LogP) is 4.56. The number of aromatic hydroxyl groups is 1. The molecule has 2 N–H and O–H groups in total. The van der Waals surface area contributed by atoms with Gasteiger partial charge in [-0.3, -0.25) is 0 Å². The van der Waals surface area contributed by atoms with Gasteiger partial charge >= 0.3 is 0 Å². The fourth-order valence-corrected chi connectivity index (χ4v) is 2.04. The molecule has 21 heavy (non-hydrogen) atoms. The van der Waals surface area contributed by atoms with Gasteiger partial charge in [0.2, 0.25) is 0 Å². The second kappa shape index (κ2) is 12.0. The average molecular weight is 286 g/mol. The van der Waals surface area contributed by atoms with Gasteiger partial charge in [0.05, 0.1) is 0 Å². The fraction of sp³-hybridized carbons (Fsp3) is 0.368. The first-order chi connectivity index (χ1) is 10.3. The third kappa shape index (κ3) is 9.69. The van der Waals surface area contributed by atoms with E-state index in [9.17, 15) is 0 Å². The van der Waals surface area contributed by atoms with E-state index in [0.717, 1.165) is 6.42 Å². The molecular formula is C19H26O2. The van der Waals surface area contributed by atoms with Crippen molar-refractivity contribution in [3.8, 4) is 5.75 Å². The Kier molecular flexibility index (Phi) is 9.84. The number of para-hydroxylation sites is 1. The van der Waals surface area contributed by atoms with Crippen molar-refractivity contribution < 1.29 is 10.2 Å². The van der Waals surface area contributed by atoms with E-state index in [1.54, 1.807) is 24.3 Å². The maximum Gasteiger partial charge on any atom is 0.115 e. The maximum absolute atomic E-state index is 8.63. The Bertz CT molecular complexity index is 440. The van der Waals surface area contributed by atoms with E-state index in [4.69, 9.17) is 10.2 Å². The molecule has 2 heteroatoms. The summed E-state index contributed by atoms with van der Waals surface area (Å²) in [5.41, 5.74) is 1.44. The Morgan fingerprint density at radius 1 is 0.619 bits per heavy atom. The number of phenolic OH excluding ortho intramolecular Hbond substituents is 1. The molecule has 0 aromatic heterocycles. The first kappa shape index (κ1) is 17.3. The molecule has 0 bridgehead atoms. The van der Waals surface area contributed by atoms with Crippen LogP contribution in [0.4, 0.5) is 0 Å². The van der Waals surface area contributed by atoms with Crippen molar-refractivity contribution in [2.45, 2.75) is 38.5 Å². The SMILES string of the molecule is OCCCCCCCc1ccccc1.Oc1ccccc1. The number of aliphatic hydroxyl groups is 1. The van der Waals surface area contributed by atoms with Crippen LogP contribution >= 0.6 is 0 Å². The summed E-state index contributed by atoms with van der Waals surface area (Å²) in [7, 11) is 0. The third-order valence-electron chi connectivity index (χ3n) is 3.22. The van der Waals surface area contributed by atoms with Crippen molar-refractivity contribution in [3.05, 3.63) is 66.2 Å². The van der Waals surface area contributed by atoms with Gasteiger partial charge in [-0.25, -0.2) is 0 Å². The topological polar surface area (TPSA) is 40.5 Å². The number of aliphatic hydroxyl groups excluding tert-OH is 1. The van der Waals surface area contributed by atoms with Crippen molar-refractivity contribution in [3.63, 3.8) is 0 Å². The lowest BCUT2D eigenvalue weighted by atomic mass is 10.1. The molecule has 0 aliphatic heterocycles. The van der Waals surface area contributed by atoms with E-state index in [1.165, 1.54) is 37.7 Å². The van der Waals surface area contributed by atoms with Crippen LogP contribution in [-0.2, 0) is 6.42 Å². The lowest BCUT2D eigenvalue weighted by Gasteiger charge is -2.01. The minimum Gasteiger partial charge on any atom is -0.508 e. The van der Waals surface area contributed by atoms with Crippen molar-refractivity contribution in [2.24, 2.45) is 0 Å². The van der Waals surface area contributed by atoms with Gasteiger partial charge in [0.25, 0.3) is 0 Å². The third-order valence-corrected chi connectivity index (χ3v) is 3.22. The molecule has 0 fully saturated rings. The van der Waals surface area contributed by atoms with E-state index in [1.807, 2.05) is 6.07 Å². The van der Waals surface area contributed by atoms with Gasteiger partial charge in [-0.1, -0.05) is 67.8 Å². The van der Waals surface area contributed by atoms with E-state index in [0.29, 0.717) is 12.4 Å². The zero-order valence-electron chi connectivity index (χ0n) is 12.6. The molecule has 0 amide bonds. The quantitative estimate of drug-likeness (QED) is 0.732. The molecule has 0 aliphatic rings. The summed E-state index contributed by atoms with van der Waals surface area (Å²) < 4.78 is 0.